The van der Waals surface area contributed by atoms with Gasteiger partial charge in [0.25, 0.3) is 0 Å². The second-order valence-corrected chi connectivity index (χ2v) is 4.07. The molecule has 0 spiro atoms. The Morgan fingerprint density at radius 3 is 3.06 bits per heavy atom. The Morgan fingerprint density at radius 2 is 2.44 bits per heavy atom. The summed E-state index contributed by atoms with van der Waals surface area (Å²) in [6.07, 6.45) is 2.75. The molecule has 3 N–H and O–H groups in total. The molecule has 0 bridgehead atoms. The predicted molar refractivity (Wildman–Crippen MR) is 63.1 cm³/mol. The van der Waals surface area contributed by atoms with Crippen LogP contribution in [0.3, 0.4) is 0 Å². The third-order valence-corrected chi connectivity index (χ3v) is 2.73. The number of nitrogens with zero attached hydrogens (tertiary/aromatic N) is 2. The first kappa shape index (κ1) is 10.7. The van der Waals surface area contributed by atoms with Gasteiger partial charge in [0.1, 0.15) is 5.82 Å². The Kier molecular flexibility index (Phi) is 2.94. The van der Waals surface area contributed by atoms with Crippen LogP contribution in [-0.4, -0.2) is 30.0 Å². The average molecular weight is 220 g/mol. The highest BCUT2D eigenvalue weighted by Gasteiger charge is 2.23. The molecule has 1 fully saturated rings. The van der Waals surface area contributed by atoms with E-state index < -0.39 is 0 Å². The van der Waals surface area contributed by atoms with E-state index in [1.54, 1.807) is 19.2 Å². The summed E-state index contributed by atoms with van der Waals surface area (Å²) >= 11 is 0. The molecule has 86 valence electrons. The van der Waals surface area contributed by atoms with Crippen LogP contribution in [0.4, 0.5) is 11.5 Å². The lowest BCUT2D eigenvalue weighted by Gasteiger charge is -2.18. The fourth-order valence-electron chi connectivity index (χ4n) is 1.98. The van der Waals surface area contributed by atoms with Gasteiger partial charge in [-0.2, -0.15) is 0 Å². The number of pyridine rings is 1. The van der Waals surface area contributed by atoms with E-state index in [2.05, 4.69) is 15.2 Å². The average Bonchev–Trinajstić information content (AvgIpc) is 2.66. The maximum absolute atomic E-state index is 10.9. The zero-order valence-electron chi connectivity index (χ0n) is 9.31. The summed E-state index contributed by atoms with van der Waals surface area (Å²) in [7, 11) is 0. The van der Waals surface area contributed by atoms with Crippen molar-refractivity contribution in [3.8, 4) is 0 Å². The first-order valence-electron chi connectivity index (χ1n) is 5.39. The van der Waals surface area contributed by atoms with E-state index in [4.69, 9.17) is 5.73 Å². The monoisotopic (exact) mass is 220 g/mol. The molecule has 2 rings (SSSR count). The number of nitrogens with two attached hydrogens (primary N) is 1. The molecule has 5 heteroatoms. The van der Waals surface area contributed by atoms with E-state index >= 15 is 0 Å². The van der Waals surface area contributed by atoms with Crippen molar-refractivity contribution in [3.63, 3.8) is 0 Å². The number of hydrogen-bond acceptors (Lipinski definition) is 4. The summed E-state index contributed by atoms with van der Waals surface area (Å²) in [5.74, 6) is 0.559. The zero-order chi connectivity index (χ0) is 11.5. The van der Waals surface area contributed by atoms with Crippen molar-refractivity contribution >= 4 is 17.4 Å². The quantitative estimate of drug-likeness (QED) is 0.755. The SMILES string of the molecule is CC(=O)NC1CCN(c2ccc(N)nc2)C1. The number of rotatable bonds is 2. The van der Waals surface area contributed by atoms with E-state index in [1.165, 1.54) is 0 Å². The van der Waals surface area contributed by atoms with E-state index in [1.807, 2.05) is 6.07 Å². The number of carbonyl (C=O) groups is 1. The van der Waals surface area contributed by atoms with Gasteiger partial charge in [0.15, 0.2) is 0 Å². The van der Waals surface area contributed by atoms with E-state index in [0.717, 1.165) is 25.2 Å². The fraction of sp³-hybridized carbons (Fsp3) is 0.455. The maximum atomic E-state index is 10.9. The maximum Gasteiger partial charge on any atom is 0.217 e. The Labute approximate surface area is 94.6 Å². The summed E-state index contributed by atoms with van der Waals surface area (Å²) in [4.78, 5) is 17.2. The molecule has 1 atom stereocenters. The number of amides is 1. The van der Waals surface area contributed by atoms with Crippen LogP contribution in [0.15, 0.2) is 18.3 Å². The third kappa shape index (κ3) is 2.42. The Hall–Kier alpha value is -1.78. The topological polar surface area (TPSA) is 71.2 Å². The van der Waals surface area contributed by atoms with Crippen LogP contribution in [0.2, 0.25) is 0 Å². The van der Waals surface area contributed by atoms with Crippen LogP contribution in [0.25, 0.3) is 0 Å². The highest BCUT2D eigenvalue weighted by molar-refractivity contribution is 5.73. The van der Waals surface area contributed by atoms with Gasteiger partial charge in [-0.3, -0.25) is 4.79 Å². The first-order valence-corrected chi connectivity index (χ1v) is 5.39. The number of carbonyl (C=O) groups excluding carboxylic acids is 1. The predicted octanol–water partition coefficient (Wildman–Crippen LogP) is 0.379. The number of anilines is 2. The van der Waals surface area contributed by atoms with Crippen molar-refractivity contribution in [1.82, 2.24) is 10.3 Å². The molecular weight excluding hydrogens is 204 g/mol. The Bertz CT molecular complexity index is 376. The molecule has 0 aliphatic carbocycles. The van der Waals surface area contributed by atoms with Crippen LogP contribution < -0.4 is 16.0 Å². The molecule has 2 heterocycles. The van der Waals surface area contributed by atoms with Gasteiger partial charge in [0.2, 0.25) is 5.91 Å². The van der Waals surface area contributed by atoms with Crippen molar-refractivity contribution < 1.29 is 4.79 Å². The highest BCUT2D eigenvalue weighted by atomic mass is 16.1. The number of hydrogen-bond donors (Lipinski definition) is 2. The Morgan fingerprint density at radius 1 is 1.62 bits per heavy atom. The largest absolute Gasteiger partial charge is 0.384 e. The summed E-state index contributed by atoms with van der Waals surface area (Å²) in [5.41, 5.74) is 6.59. The smallest absolute Gasteiger partial charge is 0.217 e. The van der Waals surface area contributed by atoms with Gasteiger partial charge in [0, 0.05) is 26.1 Å². The number of nitrogen functional groups attached to an aromatic ring is 1. The van der Waals surface area contributed by atoms with Gasteiger partial charge in [-0.15, -0.1) is 0 Å². The lowest BCUT2D eigenvalue weighted by atomic mass is 10.2. The first-order chi connectivity index (χ1) is 7.65. The third-order valence-electron chi connectivity index (χ3n) is 2.73. The molecule has 0 radical (unpaired) electrons. The van der Waals surface area contributed by atoms with Crippen molar-refractivity contribution in [2.24, 2.45) is 0 Å². The standard InChI is InChI=1S/C11H16N4O/c1-8(16)14-9-4-5-15(7-9)10-2-3-11(12)13-6-10/h2-3,6,9H,4-5,7H2,1H3,(H2,12,13)(H,14,16). The summed E-state index contributed by atoms with van der Waals surface area (Å²) < 4.78 is 0. The molecule has 1 unspecified atom stereocenters. The zero-order valence-corrected chi connectivity index (χ0v) is 9.31. The van der Waals surface area contributed by atoms with E-state index in [-0.39, 0.29) is 11.9 Å². The van der Waals surface area contributed by atoms with E-state index in [9.17, 15) is 4.79 Å². The molecule has 0 saturated carbocycles. The van der Waals surface area contributed by atoms with Gasteiger partial charge in [0.05, 0.1) is 11.9 Å². The summed E-state index contributed by atoms with van der Waals surface area (Å²) in [6, 6.07) is 3.99. The second-order valence-electron chi connectivity index (χ2n) is 4.07. The lowest BCUT2D eigenvalue weighted by Crippen LogP contribution is -2.35. The molecule has 5 nitrogen and oxygen atoms in total. The van der Waals surface area contributed by atoms with Gasteiger partial charge in [-0.1, -0.05) is 0 Å². The molecule has 1 aliphatic rings. The highest BCUT2D eigenvalue weighted by Crippen LogP contribution is 2.19. The minimum absolute atomic E-state index is 0.0299. The lowest BCUT2D eigenvalue weighted by molar-refractivity contribution is -0.119. The molecular formula is C11H16N4O. The normalized spacial score (nSPS) is 19.8. The van der Waals surface area contributed by atoms with Gasteiger partial charge in [-0.05, 0) is 18.6 Å². The molecule has 1 saturated heterocycles. The molecule has 0 aromatic carbocycles. The van der Waals surface area contributed by atoms with Crippen LogP contribution in [0.5, 0.6) is 0 Å². The van der Waals surface area contributed by atoms with Crippen LogP contribution in [-0.2, 0) is 4.79 Å². The van der Waals surface area contributed by atoms with Crippen molar-refractivity contribution in [1.29, 1.82) is 0 Å². The molecule has 1 aromatic heterocycles. The van der Waals surface area contributed by atoms with Crippen LogP contribution >= 0.6 is 0 Å². The Balaban J connectivity index is 1.98. The van der Waals surface area contributed by atoms with Gasteiger partial charge < -0.3 is 16.0 Å². The summed E-state index contributed by atoms with van der Waals surface area (Å²) in [6.45, 7) is 3.33. The number of nitrogens with one attached hydrogen (secondary N) is 1. The summed E-state index contributed by atoms with van der Waals surface area (Å²) in [5, 5.41) is 2.93. The molecule has 1 aliphatic heterocycles. The van der Waals surface area contributed by atoms with Crippen LogP contribution in [0.1, 0.15) is 13.3 Å². The fourth-order valence-corrected chi connectivity index (χ4v) is 1.98. The van der Waals surface area contributed by atoms with E-state index in [0.29, 0.717) is 5.82 Å². The number of aromatic nitrogens is 1. The minimum Gasteiger partial charge on any atom is -0.384 e. The van der Waals surface area contributed by atoms with Crippen LogP contribution in [0, 0.1) is 0 Å². The minimum atomic E-state index is 0.0299. The van der Waals surface area contributed by atoms with Gasteiger partial charge in [-0.25, -0.2) is 4.98 Å². The second kappa shape index (κ2) is 4.38. The molecule has 16 heavy (non-hydrogen) atoms. The molecule has 1 amide bonds. The van der Waals surface area contributed by atoms with Crippen molar-refractivity contribution in [3.05, 3.63) is 18.3 Å². The molecule has 1 aromatic rings. The van der Waals surface area contributed by atoms with Gasteiger partial charge >= 0.3 is 0 Å². The van der Waals surface area contributed by atoms with Crippen molar-refractivity contribution in [2.75, 3.05) is 23.7 Å². The van der Waals surface area contributed by atoms with Crippen molar-refractivity contribution in [2.45, 2.75) is 19.4 Å².